The summed E-state index contributed by atoms with van der Waals surface area (Å²) in [4.78, 5) is 33.5. The normalized spacial score (nSPS) is 17.2. The molecule has 1 saturated heterocycles. The fraction of sp³-hybridized carbons (Fsp3) is 0.385. The Labute approximate surface area is 120 Å². The highest BCUT2D eigenvalue weighted by atomic mass is 16.6. The van der Waals surface area contributed by atoms with Crippen LogP contribution in [0.2, 0.25) is 0 Å². The molecule has 1 fully saturated rings. The first-order valence-corrected chi connectivity index (χ1v) is 6.52. The Hall–Kier alpha value is -2.48. The summed E-state index contributed by atoms with van der Waals surface area (Å²) in [5.41, 5.74) is -0.280. The molecule has 0 bridgehead atoms. The van der Waals surface area contributed by atoms with E-state index in [1.54, 1.807) is 0 Å². The van der Waals surface area contributed by atoms with Crippen molar-refractivity contribution in [1.82, 2.24) is 5.32 Å². The second kappa shape index (κ2) is 6.80. The first-order valence-electron chi connectivity index (χ1n) is 6.52. The van der Waals surface area contributed by atoms with Gasteiger partial charge in [-0.1, -0.05) is 12.1 Å². The zero-order chi connectivity index (χ0) is 15.2. The molecular weight excluding hydrogens is 278 g/mol. The van der Waals surface area contributed by atoms with Crippen LogP contribution in [0.1, 0.15) is 12.8 Å². The van der Waals surface area contributed by atoms with E-state index in [2.05, 4.69) is 10.6 Å². The molecule has 0 saturated carbocycles. The molecule has 8 heteroatoms. The van der Waals surface area contributed by atoms with E-state index < -0.39 is 16.7 Å². The van der Waals surface area contributed by atoms with E-state index in [9.17, 15) is 19.7 Å². The lowest BCUT2D eigenvalue weighted by Crippen LogP contribution is -2.39. The summed E-state index contributed by atoms with van der Waals surface area (Å²) in [6.07, 6.45) is 1.70. The van der Waals surface area contributed by atoms with Gasteiger partial charge in [0.05, 0.1) is 11.0 Å². The minimum atomic E-state index is -0.942. The van der Waals surface area contributed by atoms with Gasteiger partial charge in [-0.3, -0.25) is 19.7 Å². The number of carbonyl (C=O) groups is 2. The van der Waals surface area contributed by atoms with Crippen molar-refractivity contribution in [2.45, 2.75) is 18.9 Å². The predicted octanol–water partition coefficient (Wildman–Crippen LogP) is 0.828. The van der Waals surface area contributed by atoms with E-state index in [0.29, 0.717) is 6.61 Å². The average Bonchev–Trinajstić information content (AvgIpc) is 2.98. The Kier molecular flexibility index (Phi) is 4.83. The minimum Gasteiger partial charge on any atom is -0.376 e. The molecular formula is C13H15N3O5. The number of nitrogens with one attached hydrogen (secondary N) is 2. The Bertz CT molecular complexity index is 554. The largest absolute Gasteiger partial charge is 0.376 e. The van der Waals surface area contributed by atoms with Crippen LogP contribution in [-0.4, -0.2) is 36.0 Å². The van der Waals surface area contributed by atoms with Crippen LogP contribution < -0.4 is 10.6 Å². The summed E-state index contributed by atoms with van der Waals surface area (Å²) in [7, 11) is 0. The van der Waals surface area contributed by atoms with Crippen molar-refractivity contribution in [2.75, 3.05) is 18.5 Å². The van der Waals surface area contributed by atoms with E-state index in [1.807, 2.05) is 0 Å². The first kappa shape index (κ1) is 14.9. The van der Waals surface area contributed by atoms with Gasteiger partial charge in [-0.25, -0.2) is 0 Å². The maximum Gasteiger partial charge on any atom is 0.313 e. The van der Waals surface area contributed by atoms with Crippen LogP contribution in [0, 0.1) is 10.1 Å². The first-order chi connectivity index (χ1) is 10.1. The molecule has 2 N–H and O–H groups in total. The van der Waals surface area contributed by atoms with Gasteiger partial charge in [-0.15, -0.1) is 0 Å². The lowest BCUT2D eigenvalue weighted by atomic mass is 10.2. The van der Waals surface area contributed by atoms with Crippen LogP contribution in [0.4, 0.5) is 11.4 Å². The topological polar surface area (TPSA) is 111 Å². The van der Waals surface area contributed by atoms with Crippen molar-refractivity contribution in [3.63, 3.8) is 0 Å². The maximum absolute atomic E-state index is 11.7. The second-order valence-electron chi connectivity index (χ2n) is 4.57. The summed E-state index contributed by atoms with van der Waals surface area (Å²) >= 11 is 0. The number of benzene rings is 1. The van der Waals surface area contributed by atoms with Gasteiger partial charge in [0.25, 0.3) is 5.69 Å². The molecule has 8 nitrogen and oxygen atoms in total. The molecule has 112 valence electrons. The van der Waals surface area contributed by atoms with Gasteiger partial charge in [0.1, 0.15) is 5.69 Å². The zero-order valence-corrected chi connectivity index (χ0v) is 11.2. The molecule has 1 unspecified atom stereocenters. The Morgan fingerprint density at radius 1 is 1.33 bits per heavy atom. The number of para-hydroxylation sites is 2. The number of hydrogen-bond donors (Lipinski definition) is 2. The van der Waals surface area contributed by atoms with E-state index in [1.165, 1.54) is 24.3 Å². The molecule has 1 aromatic rings. The highest BCUT2D eigenvalue weighted by Crippen LogP contribution is 2.22. The summed E-state index contributed by atoms with van der Waals surface area (Å²) in [5.74, 6) is -1.79. The molecule has 1 atom stereocenters. The number of anilines is 1. The molecule has 0 radical (unpaired) electrons. The monoisotopic (exact) mass is 293 g/mol. The van der Waals surface area contributed by atoms with Gasteiger partial charge in [0.2, 0.25) is 0 Å². The number of amides is 2. The predicted molar refractivity (Wildman–Crippen MR) is 73.7 cm³/mol. The fourth-order valence-electron chi connectivity index (χ4n) is 2.01. The standard InChI is InChI=1S/C13H15N3O5/c17-12(14-8-9-4-3-7-21-9)13(18)15-10-5-1-2-6-11(10)16(19)20/h1-2,5-6,9H,3-4,7-8H2,(H,14,17)(H,15,18). The molecule has 0 aliphatic carbocycles. The molecule has 0 spiro atoms. The lowest BCUT2D eigenvalue weighted by Gasteiger charge is -2.10. The van der Waals surface area contributed by atoms with Crippen LogP contribution in [0.3, 0.4) is 0 Å². The Morgan fingerprint density at radius 3 is 2.76 bits per heavy atom. The molecule has 1 aliphatic rings. The molecule has 1 aliphatic heterocycles. The number of hydrogen-bond acceptors (Lipinski definition) is 5. The highest BCUT2D eigenvalue weighted by molar-refractivity contribution is 6.39. The molecule has 21 heavy (non-hydrogen) atoms. The van der Waals surface area contributed by atoms with Crippen molar-refractivity contribution in [1.29, 1.82) is 0 Å². The van der Waals surface area contributed by atoms with Crippen LogP contribution in [0.5, 0.6) is 0 Å². The quantitative estimate of drug-likeness (QED) is 0.485. The molecule has 1 aromatic carbocycles. The summed E-state index contributed by atoms with van der Waals surface area (Å²) in [6, 6.07) is 5.63. The van der Waals surface area contributed by atoms with Gasteiger partial charge in [-0.2, -0.15) is 0 Å². The molecule has 0 aromatic heterocycles. The number of nitro benzene ring substituents is 1. The molecule has 2 amide bonds. The second-order valence-corrected chi connectivity index (χ2v) is 4.57. The number of nitro groups is 1. The smallest absolute Gasteiger partial charge is 0.313 e. The Morgan fingerprint density at radius 2 is 2.10 bits per heavy atom. The van der Waals surface area contributed by atoms with E-state index in [4.69, 9.17) is 4.74 Å². The third-order valence-corrected chi connectivity index (χ3v) is 3.07. The maximum atomic E-state index is 11.7. The molecule has 2 rings (SSSR count). The number of carbonyl (C=O) groups excluding carboxylic acids is 2. The SMILES string of the molecule is O=C(NCC1CCCO1)C(=O)Nc1ccccc1[N+](=O)[O-]. The van der Waals surface area contributed by atoms with E-state index in [0.717, 1.165) is 12.8 Å². The van der Waals surface area contributed by atoms with Crippen molar-refractivity contribution < 1.29 is 19.2 Å². The number of ether oxygens (including phenoxy) is 1. The summed E-state index contributed by atoms with van der Waals surface area (Å²) in [5, 5.41) is 15.5. The van der Waals surface area contributed by atoms with Crippen molar-refractivity contribution in [3.05, 3.63) is 34.4 Å². The van der Waals surface area contributed by atoms with Crippen molar-refractivity contribution in [3.8, 4) is 0 Å². The van der Waals surface area contributed by atoms with Gasteiger partial charge >= 0.3 is 11.8 Å². The van der Waals surface area contributed by atoms with Crippen LogP contribution in [-0.2, 0) is 14.3 Å². The number of rotatable bonds is 4. The van der Waals surface area contributed by atoms with E-state index in [-0.39, 0.29) is 24.0 Å². The van der Waals surface area contributed by atoms with Gasteiger partial charge in [0, 0.05) is 19.2 Å². The lowest BCUT2D eigenvalue weighted by molar-refractivity contribution is -0.383. The highest BCUT2D eigenvalue weighted by Gasteiger charge is 2.21. The van der Waals surface area contributed by atoms with Gasteiger partial charge in [0.15, 0.2) is 0 Å². The molecule has 1 heterocycles. The van der Waals surface area contributed by atoms with Crippen LogP contribution in [0.25, 0.3) is 0 Å². The van der Waals surface area contributed by atoms with Crippen molar-refractivity contribution >= 4 is 23.2 Å². The Balaban J connectivity index is 1.91. The summed E-state index contributed by atoms with van der Waals surface area (Å²) < 4.78 is 5.32. The van der Waals surface area contributed by atoms with Crippen LogP contribution >= 0.6 is 0 Å². The average molecular weight is 293 g/mol. The van der Waals surface area contributed by atoms with E-state index >= 15 is 0 Å². The fourth-order valence-corrected chi connectivity index (χ4v) is 2.01. The van der Waals surface area contributed by atoms with Crippen molar-refractivity contribution in [2.24, 2.45) is 0 Å². The number of nitrogens with zero attached hydrogens (tertiary/aromatic N) is 1. The third kappa shape index (κ3) is 3.99. The summed E-state index contributed by atoms with van der Waals surface area (Å²) in [6.45, 7) is 0.909. The third-order valence-electron chi connectivity index (χ3n) is 3.07. The zero-order valence-electron chi connectivity index (χ0n) is 11.2. The van der Waals surface area contributed by atoms with Crippen LogP contribution in [0.15, 0.2) is 24.3 Å². The van der Waals surface area contributed by atoms with Gasteiger partial charge in [-0.05, 0) is 18.9 Å². The minimum absolute atomic E-state index is 0.0141. The van der Waals surface area contributed by atoms with Gasteiger partial charge < -0.3 is 15.4 Å².